The van der Waals surface area contributed by atoms with Gasteiger partial charge >= 0.3 is 0 Å². The number of fused-ring (bicyclic) bond motifs is 1. The molecule has 0 radical (unpaired) electrons. The maximum absolute atomic E-state index is 10.9. The molecule has 0 aliphatic rings. The number of rotatable bonds is 1. The van der Waals surface area contributed by atoms with Crippen molar-refractivity contribution in [2.45, 2.75) is 4.90 Å². The smallest absolute Gasteiger partial charge is 0.186 e. The summed E-state index contributed by atoms with van der Waals surface area (Å²) in [6.07, 6.45) is 1.45. The summed E-state index contributed by atoms with van der Waals surface area (Å²) in [5.41, 5.74) is 0. The highest BCUT2D eigenvalue weighted by Crippen LogP contribution is 2.28. The average Bonchev–Trinajstić information content (AvgIpc) is 2.23. The third-order valence-electron chi connectivity index (χ3n) is 1.96. The van der Waals surface area contributed by atoms with E-state index < -0.39 is 11.1 Å². The molecule has 0 saturated heterocycles. The highest BCUT2D eigenvalue weighted by molar-refractivity contribution is 7.79. The quantitative estimate of drug-likeness (QED) is 0.634. The van der Waals surface area contributed by atoms with Crippen LogP contribution < -0.4 is 0 Å². The Bertz CT molecular complexity index is 559. The number of benzene rings is 1. The molecule has 1 N–H and O–H groups in total. The lowest BCUT2D eigenvalue weighted by molar-refractivity contribution is 0.564. The molecule has 1 aromatic heterocycles. The van der Waals surface area contributed by atoms with Gasteiger partial charge in [0.2, 0.25) is 0 Å². The van der Waals surface area contributed by atoms with E-state index in [0.29, 0.717) is 15.8 Å². The number of pyridine rings is 1. The van der Waals surface area contributed by atoms with Crippen molar-refractivity contribution in [2.75, 3.05) is 0 Å². The minimum absolute atomic E-state index is 0.265. The summed E-state index contributed by atoms with van der Waals surface area (Å²) >= 11 is 9.73. The summed E-state index contributed by atoms with van der Waals surface area (Å²) in [6, 6.07) is 4.68. The summed E-state index contributed by atoms with van der Waals surface area (Å²) in [5, 5.41) is 2.02. The van der Waals surface area contributed by atoms with Crippen molar-refractivity contribution in [3.63, 3.8) is 0 Å². The molecule has 0 spiro atoms. The fourth-order valence-corrected chi connectivity index (χ4v) is 2.09. The summed E-state index contributed by atoms with van der Waals surface area (Å²) in [4.78, 5) is 4.13. The first-order valence-electron chi connectivity index (χ1n) is 3.94. The molecule has 78 valence electrons. The van der Waals surface area contributed by atoms with Crippen LogP contribution >= 0.6 is 23.2 Å². The van der Waals surface area contributed by atoms with Crippen LogP contribution in [-0.4, -0.2) is 13.7 Å². The van der Waals surface area contributed by atoms with Gasteiger partial charge in [-0.2, -0.15) is 0 Å². The lowest BCUT2D eigenvalue weighted by Gasteiger charge is -2.03. The molecule has 0 bridgehead atoms. The minimum Gasteiger partial charge on any atom is -0.302 e. The van der Waals surface area contributed by atoms with E-state index in [4.69, 9.17) is 27.8 Å². The topological polar surface area (TPSA) is 50.2 Å². The van der Waals surface area contributed by atoms with Crippen molar-refractivity contribution in [1.82, 2.24) is 4.98 Å². The van der Waals surface area contributed by atoms with Gasteiger partial charge in [-0.05, 0) is 12.1 Å². The van der Waals surface area contributed by atoms with Crippen molar-refractivity contribution in [3.05, 3.63) is 34.6 Å². The van der Waals surface area contributed by atoms with E-state index in [0.717, 1.165) is 0 Å². The van der Waals surface area contributed by atoms with Crippen molar-refractivity contribution in [1.29, 1.82) is 0 Å². The van der Waals surface area contributed by atoms with E-state index in [1.807, 2.05) is 0 Å². The maximum Gasteiger partial charge on any atom is 0.186 e. The molecule has 0 saturated carbocycles. The fourth-order valence-electron chi connectivity index (χ4n) is 1.26. The Hall–Kier alpha value is -0.680. The van der Waals surface area contributed by atoms with Gasteiger partial charge in [0.05, 0.1) is 9.92 Å². The van der Waals surface area contributed by atoms with Crippen molar-refractivity contribution in [3.8, 4) is 0 Å². The Balaban J connectivity index is 2.81. The van der Waals surface area contributed by atoms with E-state index in [-0.39, 0.29) is 10.0 Å². The van der Waals surface area contributed by atoms with Crippen molar-refractivity contribution >= 4 is 45.1 Å². The number of halogens is 2. The molecule has 0 amide bonds. The zero-order valence-electron chi connectivity index (χ0n) is 7.28. The van der Waals surface area contributed by atoms with Crippen LogP contribution in [0.15, 0.2) is 29.3 Å². The van der Waals surface area contributed by atoms with E-state index in [2.05, 4.69) is 4.98 Å². The SMILES string of the molecule is O=S(O)c1ccc2c(Cl)cnc(Cl)c2c1. The molecule has 0 aliphatic heterocycles. The van der Waals surface area contributed by atoms with Crippen LogP contribution in [0.3, 0.4) is 0 Å². The van der Waals surface area contributed by atoms with Crippen LogP contribution in [0.25, 0.3) is 10.8 Å². The zero-order chi connectivity index (χ0) is 11.0. The molecular weight excluding hydrogens is 257 g/mol. The van der Waals surface area contributed by atoms with Crippen LogP contribution in [0.5, 0.6) is 0 Å². The highest BCUT2D eigenvalue weighted by atomic mass is 35.5. The lowest BCUT2D eigenvalue weighted by Crippen LogP contribution is -1.89. The summed E-state index contributed by atoms with van der Waals surface area (Å²) in [6.45, 7) is 0. The van der Waals surface area contributed by atoms with Gasteiger partial charge in [0.15, 0.2) is 11.1 Å². The van der Waals surface area contributed by atoms with Gasteiger partial charge in [-0.25, -0.2) is 9.19 Å². The molecule has 15 heavy (non-hydrogen) atoms. The molecule has 6 heteroatoms. The third kappa shape index (κ3) is 1.99. The predicted octanol–water partition coefficient (Wildman–Crippen LogP) is 3.12. The lowest BCUT2D eigenvalue weighted by atomic mass is 10.2. The molecule has 0 fully saturated rings. The Labute approximate surface area is 98.3 Å². The second-order valence-corrected chi connectivity index (χ2v) is 4.59. The van der Waals surface area contributed by atoms with Gasteiger partial charge in [0.25, 0.3) is 0 Å². The molecule has 2 rings (SSSR count). The van der Waals surface area contributed by atoms with E-state index in [9.17, 15) is 4.21 Å². The van der Waals surface area contributed by atoms with Gasteiger partial charge in [-0.3, -0.25) is 0 Å². The molecule has 1 heterocycles. The summed E-state index contributed by atoms with van der Waals surface area (Å²) in [5.74, 6) is 0. The van der Waals surface area contributed by atoms with Crippen LogP contribution in [0, 0.1) is 0 Å². The van der Waals surface area contributed by atoms with Crippen LogP contribution in [-0.2, 0) is 11.1 Å². The Morgan fingerprint density at radius 3 is 2.67 bits per heavy atom. The van der Waals surface area contributed by atoms with E-state index in [1.165, 1.54) is 18.3 Å². The van der Waals surface area contributed by atoms with E-state index >= 15 is 0 Å². The first-order chi connectivity index (χ1) is 7.09. The number of aromatic nitrogens is 1. The largest absolute Gasteiger partial charge is 0.302 e. The zero-order valence-corrected chi connectivity index (χ0v) is 9.60. The van der Waals surface area contributed by atoms with Crippen molar-refractivity contribution in [2.24, 2.45) is 0 Å². The predicted molar refractivity (Wildman–Crippen MR) is 60.8 cm³/mol. The second-order valence-electron chi connectivity index (χ2n) is 2.85. The molecule has 1 unspecified atom stereocenters. The first-order valence-corrected chi connectivity index (χ1v) is 5.80. The number of hydrogen-bond acceptors (Lipinski definition) is 2. The number of nitrogens with zero attached hydrogens (tertiary/aromatic N) is 1. The minimum atomic E-state index is -2.03. The fraction of sp³-hybridized carbons (Fsp3) is 0. The molecule has 1 atom stereocenters. The summed E-state index contributed by atoms with van der Waals surface area (Å²) < 4.78 is 19.8. The molecule has 0 aliphatic carbocycles. The average molecular weight is 262 g/mol. The van der Waals surface area contributed by atoms with Crippen LogP contribution in [0.2, 0.25) is 10.2 Å². The standard InChI is InChI=1S/C9H5Cl2NO2S/c10-8-4-12-9(11)7-3-5(15(13)14)1-2-6(7)8/h1-4H,(H,13,14). The Morgan fingerprint density at radius 1 is 1.27 bits per heavy atom. The van der Waals surface area contributed by atoms with Gasteiger partial charge in [0.1, 0.15) is 5.15 Å². The maximum atomic E-state index is 10.9. The molecular formula is C9H5Cl2NO2S. The van der Waals surface area contributed by atoms with Gasteiger partial charge < -0.3 is 4.55 Å². The van der Waals surface area contributed by atoms with Gasteiger partial charge in [0, 0.05) is 17.0 Å². The summed E-state index contributed by atoms with van der Waals surface area (Å²) in [7, 11) is 0. The first kappa shape index (κ1) is 10.8. The van der Waals surface area contributed by atoms with Crippen LogP contribution in [0.1, 0.15) is 0 Å². The van der Waals surface area contributed by atoms with Gasteiger partial charge in [-0.15, -0.1) is 0 Å². The Kier molecular flexibility index (Phi) is 2.93. The molecule has 3 nitrogen and oxygen atoms in total. The third-order valence-corrected chi connectivity index (χ3v) is 3.22. The normalized spacial score (nSPS) is 13.0. The molecule has 1 aromatic carbocycles. The van der Waals surface area contributed by atoms with Gasteiger partial charge in [-0.1, -0.05) is 29.3 Å². The molecule has 2 aromatic rings. The second kappa shape index (κ2) is 4.06. The van der Waals surface area contributed by atoms with E-state index in [1.54, 1.807) is 6.07 Å². The van der Waals surface area contributed by atoms with Crippen molar-refractivity contribution < 1.29 is 8.76 Å². The van der Waals surface area contributed by atoms with Crippen LogP contribution in [0.4, 0.5) is 0 Å². The highest BCUT2D eigenvalue weighted by Gasteiger charge is 2.07. The number of hydrogen-bond donors (Lipinski definition) is 1. The monoisotopic (exact) mass is 261 g/mol. The Morgan fingerprint density at radius 2 is 2.00 bits per heavy atom.